The zero-order chi connectivity index (χ0) is 25.9. The molecule has 4 aromatic rings. The van der Waals surface area contributed by atoms with Gasteiger partial charge in [-0.3, -0.25) is 10.4 Å². The highest BCUT2D eigenvalue weighted by Gasteiger charge is 2.26. The summed E-state index contributed by atoms with van der Waals surface area (Å²) in [4.78, 5) is 19.9. The summed E-state index contributed by atoms with van der Waals surface area (Å²) in [6.07, 6.45) is 2.27. The van der Waals surface area contributed by atoms with Gasteiger partial charge in [-0.25, -0.2) is 9.78 Å². The van der Waals surface area contributed by atoms with E-state index < -0.39 is 11.7 Å². The summed E-state index contributed by atoms with van der Waals surface area (Å²) in [6.45, 7) is 1.00. The predicted molar refractivity (Wildman–Crippen MR) is 138 cm³/mol. The van der Waals surface area contributed by atoms with Crippen LogP contribution in [0.15, 0.2) is 59.5 Å². The van der Waals surface area contributed by atoms with Crippen LogP contribution in [0.3, 0.4) is 0 Å². The van der Waals surface area contributed by atoms with E-state index in [9.17, 15) is 4.79 Å². The Labute approximate surface area is 211 Å². The van der Waals surface area contributed by atoms with Crippen molar-refractivity contribution >= 4 is 17.2 Å². The Balaban J connectivity index is 1.62. The molecule has 1 aliphatic heterocycles. The number of nitrogen functional groups attached to an aromatic ring is 2. The number of aromatic nitrogens is 4. The van der Waals surface area contributed by atoms with Crippen LogP contribution in [0.25, 0.3) is 5.82 Å². The number of hydrogen-bond donors (Lipinski definition) is 5. The van der Waals surface area contributed by atoms with E-state index in [1.807, 2.05) is 12.1 Å². The SMILES string of the molecule is COc1cc(C(Nc2ccc(C(=N)N)cc2)c2nn(-c3ncccc3N)c(=O)[nH]2)cc2c1OCCCO2. The van der Waals surface area contributed by atoms with Gasteiger partial charge in [0.15, 0.2) is 23.1 Å². The quantitative estimate of drug-likeness (QED) is 0.187. The molecule has 0 fully saturated rings. The Morgan fingerprint density at radius 2 is 2.00 bits per heavy atom. The molecule has 0 bridgehead atoms. The van der Waals surface area contributed by atoms with E-state index in [1.165, 1.54) is 6.20 Å². The van der Waals surface area contributed by atoms with Gasteiger partial charge in [-0.05, 0) is 54.1 Å². The first-order chi connectivity index (χ1) is 17.9. The molecule has 7 N–H and O–H groups in total. The number of aromatic amines is 1. The van der Waals surface area contributed by atoms with Crippen molar-refractivity contribution in [1.82, 2.24) is 19.7 Å². The number of benzene rings is 2. The molecule has 0 aliphatic carbocycles. The van der Waals surface area contributed by atoms with E-state index in [1.54, 1.807) is 43.5 Å². The van der Waals surface area contributed by atoms with Crippen LogP contribution in [-0.2, 0) is 0 Å². The number of anilines is 2. The topological polar surface area (TPSA) is 179 Å². The second-order valence-corrected chi connectivity index (χ2v) is 8.31. The zero-order valence-corrected chi connectivity index (χ0v) is 20.0. The Morgan fingerprint density at radius 3 is 2.73 bits per heavy atom. The normalized spacial score (nSPS) is 13.4. The molecule has 1 aliphatic rings. The summed E-state index contributed by atoms with van der Waals surface area (Å²) >= 11 is 0. The summed E-state index contributed by atoms with van der Waals surface area (Å²) in [5.74, 6) is 2.03. The lowest BCUT2D eigenvalue weighted by molar-refractivity contribution is 0.289. The van der Waals surface area contributed by atoms with Gasteiger partial charge in [-0.2, -0.15) is 4.68 Å². The molecule has 0 saturated carbocycles. The van der Waals surface area contributed by atoms with Gasteiger partial charge in [0.05, 0.1) is 26.0 Å². The molecule has 2 aromatic carbocycles. The maximum atomic E-state index is 12.9. The van der Waals surface area contributed by atoms with Gasteiger partial charge in [-0.1, -0.05) is 0 Å². The van der Waals surface area contributed by atoms with Crippen molar-refractivity contribution in [1.29, 1.82) is 5.41 Å². The van der Waals surface area contributed by atoms with Crippen LogP contribution in [0, 0.1) is 5.41 Å². The number of pyridine rings is 1. The predicted octanol–water partition coefficient (Wildman–Crippen LogP) is 2.19. The molecule has 0 spiro atoms. The third kappa shape index (κ3) is 4.76. The molecule has 0 saturated heterocycles. The molecular formula is C25H26N8O4. The van der Waals surface area contributed by atoms with Crippen molar-refractivity contribution in [3.05, 3.63) is 82.2 Å². The molecule has 12 nitrogen and oxygen atoms in total. The van der Waals surface area contributed by atoms with E-state index in [0.29, 0.717) is 58.8 Å². The van der Waals surface area contributed by atoms with E-state index in [2.05, 4.69) is 20.4 Å². The number of hydrogen-bond acceptors (Lipinski definition) is 9. The molecule has 0 amide bonds. The maximum absolute atomic E-state index is 12.9. The number of H-pyrrole nitrogens is 1. The monoisotopic (exact) mass is 502 g/mol. The number of fused-ring (bicyclic) bond motifs is 1. The summed E-state index contributed by atoms with van der Waals surface area (Å²) < 4.78 is 18.5. The standard InChI is InChI=1S/C25H26N8O4/c1-35-18-12-15(13-19-21(18)37-11-3-10-36-19)20(30-16-7-5-14(6-8-16)22(27)28)23-31-25(34)33(32-23)24-17(26)4-2-9-29-24/h2,4-9,12-13,20,30H,3,10-11,26H2,1H3,(H3,27,28)(H,31,32,34). The number of nitrogens with two attached hydrogens (primary N) is 2. The van der Waals surface area contributed by atoms with Crippen LogP contribution in [0.4, 0.5) is 11.4 Å². The summed E-state index contributed by atoms with van der Waals surface area (Å²) in [5, 5.41) is 15.6. The van der Waals surface area contributed by atoms with Gasteiger partial charge in [0.25, 0.3) is 0 Å². The van der Waals surface area contributed by atoms with Crippen molar-refractivity contribution in [2.75, 3.05) is 31.4 Å². The zero-order valence-electron chi connectivity index (χ0n) is 20.0. The molecule has 1 atom stereocenters. The van der Waals surface area contributed by atoms with Crippen molar-refractivity contribution in [3.8, 4) is 23.1 Å². The third-order valence-electron chi connectivity index (χ3n) is 5.82. The van der Waals surface area contributed by atoms with Gasteiger partial charge in [0.1, 0.15) is 11.9 Å². The van der Waals surface area contributed by atoms with E-state index in [0.717, 1.165) is 11.1 Å². The lowest BCUT2D eigenvalue weighted by Gasteiger charge is -2.21. The van der Waals surface area contributed by atoms with Crippen molar-refractivity contribution in [3.63, 3.8) is 0 Å². The Bertz CT molecular complexity index is 1500. The molecular weight excluding hydrogens is 476 g/mol. The molecule has 3 heterocycles. The fourth-order valence-corrected chi connectivity index (χ4v) is 4.00. The van der Waals surface area contributed by atoms with Crippen LogP contribution >= 0.6 is 0 Å². The van der Waals surface area contributed by atoms with Gasteiger partial charge >= 0.3 is 5.69 Å². The highest BCUT2D eigenvalue weighted by molar-refractivity contribution is 5.95. The van der Waals surface area contributed by atoms with E-state index in [-0.39, 0.29) is 11.7 Å². The van der Waals surface area contributed by atoms with Gasteiger partial charge in [0, 0.05) is 23.9 Å². The Hall–Kier alpha value is -5.00. The van der Waals surface area contributed by atoms with Crippen molar-refractivity contribution in [2.24, 2.45) is 5.73 Å². The third-order valence-corrected chi connectivity index (χ3v) is 5.82. The summed E-state index contributed by atoms with van der Waals surface area (Å²) in [6, 6.07) is 13.3. The highest BCUT2D eigenvalue weighted by Crippen LogP contribution is 2.42. The number of methoxy groups -OCH3 is 1. The second kappa shape index (κ2) is 9.93. The number of ether oxygens (including phenoxy) is 3. The lowest BCUT2D eigenvalue weighted by Crippen LogP contribution is -2.18. The van der Waals surface area contributed by atoms with Crippen LogP contribution < -0.4 is 36.7 Å². The summed E-state index contributed by atoms with van der Waals surface area (Å²) in [5.41, 5.74) is 13.4. The minimum Gasteiger partial charge on any atom is -0.493 e. The minimum atomic E-state index is -0.645. The molecule has 5 rings (SSSR count). The lowest BCUT2D eigenvalue weighted by atomic mass is 10.0. The second-order valence-electron chi connectivity index (χ2n) is 8.31. The van der Waals surface area contributed by atoms with E-state index in [4.69, 9.17) is 31.1 Å². The minimum absolute atomic E-state index is 0.0354. The first-order valence-electron chi connectivity index (χ1n) is 11.5. The van der Waals surface area contributed by atoms with Crippen molar-refractivity contribution in [2.45, 2.75) is 12.5 Å². The van der Waals surface area contributed by atoms with Crippen LogP contribution in [-0.4, -0.2) is 45.9 Å². The first kappa shape index (κ1) is 23.7. The average molecular weight is 503 g/mol. The number of amidine groups is 1. The molecule has 2 aromatic heterocycles. The van der Waals surface area contributed by atoms with Crippen molar-refractivity contribution < 1.29 is 14.2 Å². The number of nitrogens with zero attached hydrogens (tertiary/aromatic N) is 3. The molecule has 1 unspecified atom stereocenters. The van der Waals surface area contributed by atoms with Crippen LogP contribution in [0.5, 0.6) is 17.2 Å². The first-order valence-corrected chi connectivity index (χ1v) is 11.5. The van der Waals surface area contributed by atoms with Gasteiger partial charge in [-0.15, -0.1) is 5.10 Å². The number of nitrogens with one attached hydrogen (secondary N) is 3. The smallest absolute Gasteiger partial charge is 0.349 e. The van der Waals surface area contributed by atoms with Gasteiger partial charge in [0.2, 0.25) is 5.75 Å². The fraction of sp³-hybridized carbons (Fsp3) is 0.200. The number of rotatable bonds is 7. The summed E-state index contributed by atoms with van der Waals surface area (Å²) in [7, 11) is 1.55. The fourth-order valence-electron chi connectivity index (χ4n) is 4.00. The maximum Gasteiger partial charge on any atom is 0.349 e. The average Bonchev–Trinajstić information content (AvgIpc) is 3.12. The van der Waals surface area contributed by atoms with Crippen LogP contribution in [0.2, 0.25) is 0 Å². The van der Waals surface area contributed by atoms with E-state index >= 15 is 0 Å². The molecule has 12 heteroatoms. The largest absolute Gasteiger partial charge is 0.493 e. The Kier molecular flexibility index (Phi) is 6.37. The molecule has 0 radical (unpaired) electrons. The highest BCUT2D eigenvalue weighted by atomic mass is 16.5. The Morgan fingerprint density at radius 1 is 1.22 bits per heavy atom. The molecule has 190 valence electrons. The molecule has 37 heavy (non-hydrogen) atoms. The van der Waals surface area contributed by atoms with Crippen LogP contribution in [0.1, 0.15) is 29.4 Å². The van der Waals surface area contributed by atoms with Gasteiger partial charge < -0.3 is 31.0 Å².